The number of ether oxygens (including phenoxy) is 2. The molecule has 3 aromatic rings. The fraction of sp³-hybridized carbons (Fsp3) is 0.286. The molecule has 1 aliphatic rings. The van der Waals surface area contributed by atoms with Crippen molar-refractivity contribution in [3.63, 3.8) is 0 Å². The number of nitrogens with one attached hydrogen (secondary N) is 1. The van der Waals surface area contributed by atoms with Gasteiger partial charge in [0, 0.05) is 17.7 Å². The Labute approximate surface area is 153 Å². The van der Waals surface area contributed by atoms with Crippen LogP contribution in [0.4, 0.5) is 5.82 Å². The summed E-state index contributed by atoms with van der Waals surface area (Å²) in [5, 5.41) is 8.40. The van der Waals surface area contributed by atoms with E-state index in [1.54, 1.807) is 14.2 Å². The molecule has 0 bridgehead atoms. The number of aryl methyl sites for hydroxylation is 1. The van der Waals surface area contributed by atoms with Crippen molar-refractivity contribution in [3.05, 3.63) is 53.6 Å². The van der Waals surface area contributed by atoms with Crippen LogP contribution in [0.25, 0.3) is 16.9 Å². The highest BCUT2D eigenvalue weighted by molar-refractivity contribution is 5.74. The molecule has 2 heterocycles. The fourth-order valence-electron chi connectivity index (χ4n) is 3.45. The maximum absolute atomic E-state index is 5.46. The average Bonchev–Trinajstić information content (AvgIpc) is 3.30. The summed E-state index contributed by atoms with van der Waals surface area (Å²) in [4.78, 5) is 0. The molecule has 0 unspecified atom stereocenters. The van der Waals surface area contributed by atoms with E-state index in [9.17, 15) is 0 Å². The summed E-state index contributed by atoms with van der Waals surface area (Å²) in [6.45, 7) is 3.10. The average molecular weight is 349 g/mol. The molecular weight excluding hydrogens is 326 g/mol. The summed E-state index contributed by atoms with van der Waals surface area (Å²) < 4.78 is 12.8. The van der Waals surface area contributed by atoms with Gasteiger partial charge in [0.15, 0.2) is 11.5 Å². The van der Waals surface area contributed by atoms with E-state index in [0.29, 0.717) is 5.75 Å². The summed E-state index contributed by atoms with van der Waals surface area (Å²) >= 11 is 0. The lowest BCUT2D eigenvalue weighted by molar-refractivity contribution is 0.355. The molecule has 0 saturated carbocycles. The van der Waals surface area contributed by atoms with Gasteiger partial charge in [-0.1, -0.05) is 19.1 Å². The number of aromatic nitrogens is 2. The first-order valence-corrected chi connectivity index (χ1v) is 8.92. The number of rotatable bonds is 5. The predicted molar refractivity (Wildman–Crippen MR) is 104 cm³/mol. The maximum Gasteiger partial charge on any atom is 0.161 e. The molecule has 0 saturated heterocycles. The van der Waals surface area contributed by atoms with E-state index in [1.165, 1.54) is 11.1 Å². The minimum absolute atomic E-state index is 0.714. The maximum atomic E-state index is 5.46. The minimum Gasteiger partial charge on any atom is -0.493 e. The first-order chi connectivity index (χ1) is 12.7. The van der Waals surface area contributed by atoms with Crippen molar-refractivity contribution in [2.45, 2.75) is 19.8 Å². The van der Waals surface area contributed by atoms with Gasteiger partial charge < -0.3 is 14.8 Å². The van der Waals surface area contributed by atoms with Crippen LogP contribution in [0.15, 0.2) is 42.5 Å². The van der Waals surface area contributed by atoms with Crippen LogP contribution in [0.3, 0.4) is 0 Å². The number of nitrogens with zero attached hydrogens (tertiary/aromatic N) is 2. The normalized spacial score (nSPS) is 12.6. The van der Waals surface area contributed by atoms with Crippen molar-refractivity contribution in [3.8, 4) is 28.4 Å². The van der Waals surface area contributed by atoms with Gasteiger partial charge in [-0.05, 0) is 48.7 Å². The van der Waals surface area contributed by atoms with Crippen LogP contribution in [0, 0.1) is 0 Å². The fourth-order valence-corrected chi connectivity index (χ4v) is 3.45. The van der Waals surface area contributed by atoms with Crippen LogP contribution in [-0.2, 0) is 12.8 Å². The van der Waals surface area contributed by atoms with Crippen molar-refractivity contribution in [1.82, 2.24) is 9.78 Å². The van der Waals surface area contributed by atoms with Gasteiger partial charge in [-0.3, -0.25) is 0 Å². The molecule has 4 rings (SSSR count). The highest BCUT2D eigenvalue weighted by Gasteiger charge is 2.24. The van der Waals surface area contributed by atoms with Crippen LogP contribution in [0.1, 0.15) is 18.1 Å². The Kier molecular flexibility index (Phi) is 4.29. The summed E-state index contributed by atoms with van der Waals surface area (Å²) in [7, 11) is 3.30. The van der Waals surface area contributed by atoms with E-state index >= 15 is 0 Å². The van der Waals surface area contributed by atoms with Crippen LogP contribution >= 0.6 is 0 Å². The zero-order chi connectivity index (χ0) is 18.1. The van der Waals surface area contributed by atoms with E-state index < -0.39 is 0 Å². The van der Waals surface area contributed by atoms with Crippen molar-refractivity contribution in [1.29, 1.82) is 0 Å². The van der Waals surface area contributed by atoms with Gasteiger partial charge >= 0.3 is 0 Å². The zero-order valence-corrected chi connectivity index (χ0v) is 15.4. The Morgan fingerprint density at radius 1 is 1.04 bits per heavy atom. The molecule has 1 aromatic heterocycles. The van der Waals surface area contributed by atoms with E-state index in [-0.39, 0.29) is 0 Å². The molecule has 1 aliphatic heterocycles. The third-order valence-electron chi connectivity index (χ3n) is 4.90. The van der Waals surface area contributed by atoms with Gasteiger partial charge in [0.25, 0.3) is 0 Å². The summed E-state index contributed by atoms with van der Waals surface area (Å²) in [5.41, 5.74) is 5.67. The second-order valence-electron chi connectivity index (χ2n) is 6.35. The molecule has 1 N–H and O–H groups in total. The Balaban J connectivity index is 1.81. The SMILES string of the molecule is CCc1ccc(-n2nc(-c3ccc(OC)c(OC)c3)c3c2NCC3)cc1. The van der Waals surface area contributed by atoms with Crippen LogP contribution in [0.5, 0.6) is 11.5 Å². The van der Waals surface area contributed by atoms with E-state index in [1.807, 2.05) is 22.9 Å². The number of methoxy groups -OCH3 is 2. The molecule has 0 spiro atoms. The minimum atomic E-state index is 0.714. The van der Waals surface area contributed by atoms with Gasteiger partial charge in [0.1, 0.15) is 5.82 Å². The Bertz CT molecular complexity index is 929. The van der Waals surface area contributed by atoms with Gasteiger partial charge in [0.2, 0.25) is 0 Å². The highest BCUT2D eigenvalue weighted by atomic mass is 16.5. The lowest BCUT2D eigenvalue weighted by atomic mass is 10.1. The molecule has 0 aliphatic carbocycles. The number of fused-ring (bicyclic) bond motifs is 1. The third kappa shape index (κ3) is 2.69. The van der Waals surface area contributed by atoms with Crippen molar-refractivity contribution < 1.29 is 9.47 Å². The van der Waals surface area contributed by atoms with Crippen molar-refractivity contribution in [2.75, 3.05) is 26.1 Å². The zero-order valence-electron chi connectivity index (χ0n) is 15.4. The lowest BCUT2D eigenvalue weighted by Gasteiger charge is -2.09. The third-order valence-corrected chi connectivity index (χ3v) is 4.90. The molecule has 5 nitrogen and oxygen atoms in total. The van der Waals surface area contributed by atoms with E-state index in [2.05, 4.69) is 36.5 Å². The second-order valence-corrected chi connectivity index (χ2v) is 6.35. The number of anilines is 1. The largest absolute Gasteiger partial charge is 0.493 e. The van der Waals surface area contributed by atoms with Gasteiger partial charge in [-0.2, -0.15) is 5.10 Å². The highest BCUT2D eigenvalue weighted by Crippen LogP contribution is 2.38. The Hall–Kier alpha value is -2.95. The van der Waals surface area contributed by atoms with Crippen LogP contribution in [-0.4, -0.2) is 30.5 Å². The molecule has 0 radical (unpaired) electrons. The smallest absolute Gasteiger partial charge is 0.161 e. The standard InChI is InChI=1S/C21H23N3O2/c1-4-14-5-8-16(9-6-14)24-21-17(11-12-22-21)20(23-24)15-7-10-18(25-2)19(13-15)26-3/h5-10,13,22H,4,11-12H2,1-3H3. The molecule has 5 heteroatoms. The molecule has 26 heavy (non-hydrogen) atoms. The van der Waals surface area contributed by atoms with Gasteiger partial charge in [0.05, 0.1) is 25.6 Å². The summed E-state index contributed by atoms with van der Waals surface area (Å²) in [5.74, 6) is 2.52. The number of hydrogen-bond acceptors (Lipinski definition) is 4. The van der Waals surface area contributed by atoms with Crippen LogP contribution < -0.4 is 14.8 Å². The summed E-state index contributed by atoms with van der Waals surface area (Å²) in [6, 6.07) is 14.5. The molecular formula is C21H23N3O2. The predicted octanol–water partition coefficient (Wildman–Crippen LogP) is 4.09. The van der Waals surface area contributed by atoms with E-state index in [0.717, 1.165) is 47.9 Å². The molecule has 0 fully saturated rings. The molecule has 0 atom stereocenters. The number of hydrogen-bond donors (Lipinski definition) is 1. The first kappa shape index (κ1) is 16.5. The second kappa shape index (κ2) is 6.75. The quantitative estimate of drug-likeness (QED) is 0.754. The van der Waals surface area contributed by atoms with Crippen LogP contribution in [0.2, 0.25) is 0 Å². The van der Waals surface area contributed by atoms with E-state index in [4.69, 9.17) is 14.6 Å². The van der Waals surface area contributed by atoms with Gasteiger partial charge in [-0.15, -0.1) is 0 Å². The van der Waals surface area contributed by atoms with Crippen molar-refractivity contribution >= 4 is 5.82 Å². The molecule has 134 valence electrons. The Morgan fingerprint density at radius 2 is 1.81 bits per heavy atom. The topological polar surface area (TPSA) is 48.3 Å². The Morgan fingerprint density at radius 3 is 2.50 bits per heavy atom. The monoisotopic (exact) mass is 349 g/mol. The van der Waals surface area contributed by atoms with Gasteiger partial charge in [-0.25, -0.2) is 4.68 Å². The first-order valence-electron chi connectivity index (χ1n) is 8.92. The number of benzene rings is 2. The lowest BCUT2D eigenvalue weighted by Crippen LogP contribution is -2.04. The van der Waals surface area contributed by atoms with Crippen molar-refractivity contribution in [2.24, 2.45) is 0 Å². The molecule has 2 aromatic carbocycles. The molecule has 0 amide bonds. The summed E-state index contributed by atoms with van der Waals surface area (Å²) in [6.07, 6.45) is 2.00.